The van der Waals surface area contributed by atoms with Crippen molar-refractivity contribution in [2.45, 2.75) is 44.6 Å². The molecule has 1 aromatic heterocycles. The van der Waals surface area contributed by atoms with Crippen LogP contribution in [0.5, 0.6) is 0 Å². The zero-order chi connectivity index (χ0) is 17.9. The Bertz CT molecular complexity index is 781. The molecule has 1 aromatic carbocycles. The summed E-state index contributed by atoms with van der Waals surface area (Å²) in [5, 5.41) is 12.2. The van der Waals surface area contributed by atoms with Gasteiger partial charge in [-0.2, -0.15) is 0 Å². The number of aromatic nitrogens is 1. The molecule has 0 saturated heterocycles. The van der Waals surface area contributed by atoms with Gasteiger partial charge in [0.1, 0.15) is 0 Å². The van der Waals surface area contributed by atoms with E-state index in [1.54, 1.807) is 13.0 Å². The quantitative estimate of drug-likeness (QED) is 0.873. The van der Waals surface area contributed by atoms with Crippen LogP contribution in [0.15, 0.2) is 42.5 Å². The van der Waals surface area contributed by atoms with Crippen LogP contribution >= 0.6 is 0 Å². The second-order valence-corrected chi connectivity index (χ2v) is 6.71. The molecular weight excluding hydrogens is 316 g/mol. The van der Waals surface area contributed by atoms with Crippen molar-refractivity contribution in [3.05, 3.63) is 53.7 Å². The number of carbonyl (C=O) groups excluding carboxylic acids is 1. The van der Waals surface area contributed by atoms with Gasteiger partial charge < -0.3 is 10.4 Å². The van der Waals surface area contributed by atoms with Gasteiger partial charge in [-0.15, -0.1) is 0 Å². The molecule has 3 rings (SSSR count). The van der Waals surface area contributed by atoms with E-state index in [9.17, 15) is 14.7 Å². The van der Waals surface area contributed by atoms with Gasteiger partial charge >= 0.3 is 5.97 Å². The summed E-state index contributed by atoms with van der Waals surface area (Å²) in [6.45, 7) is 1.81. The van der Waals surface area contributed by atoms with E-state index in [1.165, 1.54) is 0 Å². The number of aryl methyl sites for hydroxylation is 1. The predicted molar refractivity (Wildman–Crippen MR) is 95.3 cm³/mol. The van der Waals surface area contributed by atoms with Gasteiger partial charge in [0, 0.05) is 5.56 Å². The number of carboxylic acids is 1. The first-order valence-corrected chi connectivity index (χ1v) is 8.56. The van der Waals surface area contributed by atoms with Crippen molar-refractivity contribution in [1.82, 2.24) is 10.3 Å². The number of aliphatic carboxylic acids is 1. The Morgan fingerprint density at radius 1 is 1.12 bits per heavy atom. The summed E-state index contributed by atoms with van der Waals surface area (Å²) in [6, 6.07) is 13.4. The molecule has 0 spiro atoms. The number of amides is 1. The molecule has 2 N–H and O–H groups in total. The summed E-state index contributed by atoms with van der Waals surface area (Å²) in [5.74, 6) is -1.12. The van der Waals surface area contributed by atoms with Gasteiger partial charge in [-0.05, 0) is 31.9 Å². The lowest BCUT2D eigenvalue weighted by Crippen LogP contribution is -2.48. The SMILES string of the molecule is Cc1nc(-c2ccccc2)ccc1C(=O)NC1(CC(=O)O)CCCC1. The van der Waals surface area contributed by atoms with Crippen LogP contribution in [0.2, 0.25) is 0 Å². The van der Waals surface area contributed by atoms with Crippen molar-refractivity contribution in [2.24, 2.45) is 0 Å². The second-order valence-electron chi connectivity index (χ2n) is 6.71. The summed E-state index contributed by atoms with van der Waals surface area (Å²) < 4.78 is 0. The third kappa shape index (κ3) is 3.87. The molecule has 0 unspecified atom stereocenters. The largest absolute Gasteiger partial charge is 0.481 e. The number of carbonyl (C=O) groups is 2. The number of rotatable bonds is 5. The molecule has 1 aliphatic carbocycles. The Morgan fingerprint density at radius 2 is 1.80 bits per heavy atom. The maximum Gasteiger partial charge on any atom is 0.305 e. The minimum Gasteiger partial charge on any atom is -0.481 e. The molecule has 0 atom stereocenters. The lowest BCUT2D eigenvalue weighted by molar-refractivity contribution is -0.138. The van der Waals surface area contributed by atoms with Crippen molar-refractivity contribution >= 4 is 11.9 Å². The number of nitrogens with one attached hydrogen (secondary N) is 1. The topological polar surface area (TPSA) is 79.3 Å². The second kappa shape index (κ2) is 7.05. The predicted octanol–water partition coefficient (Wildman–Crippen LogP) is 3.57. The zero-order valence-electron chi connectivity index (χ0n) is 14.3. The molecule has 2 aromatic rings. The highest BCUT2D eigenvalue weighted by atomic mass is 16.4. The first-order valence-electron chi connectivity index (χ1n) is 8.56. The highest BCUT2D eigenvalue weighted by molar-refractivity contribution is 5.96. The Labute approximate surface area is 147 Å². The first-order chi connectivity index (χ1) is 12.0. The maximum absolute atomic E-state index is 12.7. The molecular formula is C20H22N2O3. The van der Waals surface area contributed by atoms with Crippen LogP contribution in [0, 0.1) is 6.92 Å². The lowest BCUT2D eigenvalue weighted by Gasteiger charge is -2.29. The normalized spacial score (nSPS) is 15.7. The molecule has 1 heterocycles. The number of nitrogens with zero attached hydrogens (tertiary/aromatic N) is 1. The summed E-state index contributed by atoms with van der Waals surface area (Å²) in [7, 11) is 0. The molecule has 25 heavy (non-hydrogen) atoms. The molecule has 0 bridgehead atoms. The molecule has 1 aliphatic rings. The summed E-state index contributed by atoms with van der Waals surface area (Å²) in [4.78, 5) is 28.4. The third-order valence-corrected chi connectivity index (χ3v) is 4.83. The fourth-order valence-electron chi connectivity index (χ4n) is 3.57. The van der Waals surface area contributed by atoms with E-state index in [0.29, 0.717) is 24.1 Å². The van der Waals surface area contributed by atoms with E-state index >= 15 is 0 Å². The Hall–Kier alpha value is -2.69. The smallest absolute Gasteiger partial charge is 0.305 e. The maximum atomic E-state index is 12.7. The minimum absolute atomic E-state index is 0.0344. The van der Waals surface area contributed by atoms with E-state index in [2.05, 4.69) is 10.3 Å². The minimum atomic E-state index is -0.878. The van der Waals surface area contributed by atoms with Crippen LogP contribution < -0.4 is 5.32 Å². The molecule has 1 saturated carbocycles. The molecule has 1 fully saturated rings. The fraction of sp³-hybridized carbons (Fsp3) is 0.350. The van der Waals surface area contributed by atoms with Gasteiger partial charge in [-0.25, -0.2) is 0 Å². The number of carboxylic acid groups (broad SMARTS) is 1. The Morgan fingerprint density at radius 3 is 2.40 bits per heavy atom. The Kier molecular flexibility index (Phi) is 4.83. The van der Waals surface area contributed by atoms with Gasteiger partial charge in [-0.1, -0.05) is 43.2 Å². The van der Waals surface area contributed by atoms with Gasteiger partial charge in [0.25, 0.3) is 5.91 Å². The van der Waals surface area contributed by atoms with Gasteiger partial charge in [-0.3, -0.25) is 14.6 Å². The van der Waals surface area contributed by atoms with Gasteiger partial charge in [0.05, 0.1) is 28.9 Å². The van der Waals surface area contributed by atoms with Gasteiger partial charge in [0.2, 0.25) is 0 Å². The average molecular weight is 338 g/mol. The molecule has 0 aliphatic heterocycles. The van der Waals surface area contributed by atoms with Crippen LogP contribution in [-0.4, -0.2) is 27.5 Å². The highest BCUT2D eigenvalue weighted by Gasteiger charge is 2.37. The average Bonchev–Trinajstić information content (AvgIpc) is 3.02. The highest BCUT2D eigenvalue weighted by Crippen LogP contribution is 2.33. The standard InChI is InChI=1S/C20H22N2O3/c1-14-16(9-10-17(21-14)15-7-3-2-4-8-15)19(25)22-20(13-18(23)24)11-5-6-12-20/h2-4,7-10H,5-6,11-13H2,1H3,(H,22,25)(H,23,24). The van der Waals surface area contributed by atoms with E-state index in [1.807, 2.05) is 36.4 Å². The first kappa shape index (κ1) is 17.1. The zero-order valence-corrected chi connectivity index (χ0v) is 14.3. The van der Waals surface area contributed by atoms with Crippen molar-refractivity contribution in [3.8, 4) is 11.3 Å². The van der Waals surface area contributed by atoms with Crippen LogP contribution in [0.4, 0.5) is 0 Å². The molecule has 5 heteroatoms. The van der Waals surface area contributed by atoms with Crippen LogP contribution in [-0.2, 0) is 4.79 Å². The summed E-state index contributed by atoms with van der Waals surface area (Å²) in [5.41, 5.74) is 2.32. The molecule has 130 valence electrons. The van der Waals surface area contributed by atoms with E-state index < -0.39 is 11.5 Å². The van der Waals surface area contributed by atoms with Crippen LogP contribution in [0.3, 0.4) is 0 Å². The fourth-order valence-corrected chi connectivity index (χ4v) is 3.57. The molecule has 1 amide bonds. The van der Waals surface area contributed by atoms with Crippen molar-refractivity contribution < 1.29 is 14.7 Å². The van der Waals surface area contributed by atoms with E-state index in [0.717, 1.165) is 24.1 Å². The summed E-state index contributed by atoms with van der Waals surface area (Å²) >= 11 is 0. The lowest BCUT2D eigenvalue weighted by atomic mass is 9.92. The monoisotopic (exact) mass is 338 g/mol. The van der Waals surface area contributed by atoms with Crippen LogP contribution in [0.1, 0.15) is 48.2 Å². The number of pyridine rings is 1. The van der Waals surface area contributed by atoms with Crippen molar-refractivity contribution in [1.29, 1.82) is 0 Å². The van der Waals surface area contributed by atoms with Crippen LogP contribution in [0.25, 0.3) is 11.3 Å². The van der Waals surface area contributed by atoms with Crippen molar-refractivity contribution in [2.75, 3.05) is 0 Å². The molecule has 0 radical (unpaired) electrons. The van der Waals surface area contributed by atoms with Crippen molar-refractivity contribution in [3.63, 3.8) is 0 Å². The number of hydrogen-bond acceptors (Lipinski definition) is 3. The summed E-state index contributed by atoms with van der Waals surface area (Å²) in [6.07, 6.45) is 3.27. The van der Waals surface area contributed by atoms with Gasteiger partial charge in [0.15, 0.2) is 0 Å². The van der Waals surface area contributed by atoms with E-state index in [-0.39, 0.29) is 12.3 Å². The Balaban J connectivity index is 1.81. The molecule has 5 nitrogen and oxygen atoms in total. The number of hydrogen-bond donors (Lipinski definition) is 2. The van der Waals surface area contributed by atoms with E-state index in [4.69, 9.17) is 0 Å². The number of benzene rings is 1. The third-order valence-electron chi connectivity index (χ3n) is 4.83.